The van der Waals surface area contributed by atoms with Gasteiger partial charge in [-0.25, -0.2) is 0 Å². The molecule has 0 aromatic rings. The number of aliphatic hydroxyl groups excluding tert-OH is 2. The van der Waals surface area contributed by atoms with Gasteiger partial charge in [-0.3, -0.25) is 4.79 Å². The Morgan fingerprint density at radius 1 is 1.62 bits per heavy atom. The Labute approximate surface area is 78.2 Å². The third-order valence-electron chi connectivity index (χ3n) is 2.49. The molecule has 0 aromatic heterocycles. The van der Waals surface area contributed by atoms with Gasteiger partial charge in [-0.1, -0.05) is 13.8 Å². The molecule has 1 aliphatic rings. The second-order valence-electron chi connectivity index (χ2n) is 3.90. The fourth-order valence-corrected chi connectivity index (χ4v) is 1.70. The van der Waals surface area contributed by atoms with Crippen LogP contribution in [0.15, 0.2) is 0 Å². The summed E-state index contributed by atoms with van der Waals surface area (Å²) in [5.41, 5.74) is 0. The lowest BCUT2D eigenvalue weighted by atomic mass is 10.0. The maximum Gasteiger partial charge on any atom is 0.225 e. The van der Waals surface area contributed by atoms with Gasteiger partial charge in [0.1, 0.15) is 0 Å². The van der Waals surface area contributed by atoms with E-state index in [1.807, 2.05) is 13.8 Å². The molecule has 2 N–H and O–H groups in total. The van der Waals surface area contributed by atoms with Crippen molar-refractivity contribution in [2.24, 2.45) is 5.92 Å². The van der Waals surface area contributed by atoms with Crippen molar-refractivity contribution in [2.45, 2.75) is 32.4 Å². The molecule has 2 unspecified atom stereocenters. The van der Waals surface area contributed by atoms with Crippen molar-refractivity contribution in [3.63, 3.8) is 0 Å². The average molecular weight is 187 g/mol. The molecule has 0 radical (unpaired) electrons. The Balaban J connectivity index is 2.64. The van der Waals surface area contributed by atoms with E-state index in [1.54, 1.807) is 4.90 Å². The molecule has 76 valence electrons. The molecule has 13 heavy (non-hydrogen) atoms. The standard InChI is InChI=1S/C9H17NO3/c1-6(2)8(5-11)10-4-7(12)3-9(10)13/h6-8,11-12H,3-5H2,1-2H3. The lowest BCUT2D eigenvalue weighted by Crippen LogP contribution is -2.42. The highest BCUT2D eigenvalue weighted by Gasteiger charge is 2.34. The van der Waals surface area contributed by atoms with Crippen LogP contribution in [0, 0.1) is 5.92 Å². The van der Waals surface area contributed by atoms with Crippen LogP contribution < -0.4 is 0 Å². The Hall–Kier alpha value is -0.610. The molecule has 1 rings (SSSR count). The van der Waals surface area contributed by atoms with E-state index in [4.69, 9.17) is 5.11 Å². The van der Waals surface area contributed by atoms with E-state index in [9.17, 15) is 9.90 Å². The fraction of sp³-hybridized carbons (Fsp3) is 0.889. The fourth-order valence-electron chi connectivity index (χ4n) is 1.70. The smallest absolute Gasteiger partial charge is 0.225 e. The second kappa shape index (κ2) is 4.07. The van der Waals surface area contributed by atoms with Crippen LogP contribution in [0.1, 0.15) is 20.3 Å². The zero-order chi connectivity index (χ0) is 10.0. The monoisotopic (exact) mass is 187 g/mol. The van der Waals surface area contributed by atoms with Gasteiger partial charge >= 0.3 is 0 Å². The summed E-state index contributed by atoms with van der Waals surface area (Å²) in [6.07, 6.45) is -0.358. The quantitative estimate of drug-likeness (QED) is 0.632. The van der Waals surface area contributed by atoms with Gasteiger partial charge in [-0.05, 0) is 5.92 Å². The Morgan fingerprint density at radius 2 is 2.23 bits per heavy atom. The van der Waals surface area contributed by atoms with E-state index >= 15 is 0 Å². The SMILES string of the molecule is CC(C)C(CO)N1CC(O)CC1=O. The second-order valence-corrected chi connectivity index (χ2v) is 3.90. The third kappa shape index (κ3) is 2.19. The molecule has 0 aromatic carbocycles. The Kier molecular flexibility index (Phi) is 3.27. The summed E-state index contributed by atoms with van der Waals surface area (Å²) in [6, 6.07) is -0.148. The number of carbonyl (C=O) groups is 1. The van der Waals surface area contributed by atoms with E-state index in [1.165, 1.54) is 0 Å². The van der Waals surface area contributed by atoms with Gasteiger partial charge in [0.15, 0.2) is 0 Å². The molecule has 4 nitrogen and oxygen atoms in total. The summed E-state index contributed by atoms with van der Waals surface area (Å²) in [5, 5.41) is 18.3. The number of hydrogen-bond acceptors (Lipinski definition) is 3. The third-order valence-corrected chi connectivity index (χ3v) is 2.49. The highest BCUT2D eigenvalue weighted by Crippen LogP contribution is 2.18. The molecule has 1 amide bonds. The Morgan fingerprint density at radius 3 is 2.54 bits per heavy atom. The van der Waals surface area contributed by atoms with Gasteiger partial charge < -0.3 is 15.1 Å². The first-order chi connectivity index (χ1) is 6.06. The minimum Gasteiger partial charge on any atom is -0.394 e. The molecule has 0 spiro atoms. The first-order valence-electron chi connectivity index (χ1n) is 4.64. The largest absolute Gasteiger partial charge is 0.394 e. The van der Waals surface area contributed by atoms with Gasteiger partial charge in [0.05, 0.1) is 25.2 Å². The number of likely N-dealkylation sites (tertiary alicyclic amines) is 1. The average Bonchev–Trinajstić information content (AvgIpc) is 2.31. The predicted octanol–water partition coefficient (Wildman–Crippen LogP) is -0.404. The van der Waals surface area contributed by atoms with Crippen LogP contribution in [0.2, 0.25) is 0 Å². The highest BCUT2D eigenvalue weighted by molar-refractivity contribution is 5.79. The summed E-state index contributed by atoms with van der Waals surface area (Å²) in [4.78, 5) is 12.9. The van der Waals surface area contributed by atoms with Crippen LogP contribution in [-0.4, -0.2) is 46.3 Å². The highest BCUT2D eigenvalue weighted by atomic mass is 16.3. The molecule has 4 heteroatoms. The van der Waals surface area contributed by atoms with Gasteiger partial charge in [-0.2, -0.15) is 0 Å². The number of β-amino-alcohol motifs (C(OH)–C–C–N with tert-alkyl or cyclic N) is 1. The minimum atomic E-state index is -0.555. The maximum absolute atomic E-state index is 11.3. The van der Waals surface area contributed by atoms with Crippen LogP contribution in [0.25, 0.3) is 0 Å². The molecule has 0 aliphatic carbocycles. The molecule has 1 saturated heterocycles. The predicted molar refractivity (Wildman–Crippen MR) is 48.0 cm³/mol. The van der Waals surface area contributed by atoms with E-state index < -0.39 is 6.10 Å². The van der Waals surface area contributed by atoms with Crippen LogP contribution in [-0.2, 0) is 4.79 Å². The van der Waals surface area contributed by atoms with Gasteiger partial charge in [0.2, 0.25) is 5.91 Å². The molecular formula is C9H17NO3. The molecule has 1 heterocycles. The molecular weight excluding hydrogens is 170 g/mol. The lowest BCUT2D eigenvalue weighted by molar-refractivity contribution is -0.131. The molecule has 1 aliphatic heterocycles. The first-order valence-corrected chi connectivity index (χ1v) is 4.64. The summed E-state index contributed by atoms with van der Waals surface area (Å²) in [6.45, 7) is 4.25. The molecule has 0 bridgehead atoms. The van der Waals surface area contributed by atoms with Gasteiger partial charge in [0, 0.05) is 6.54 Å². The van der Waals surface area contributed by atoms with Crippen molar-refractivity contribution in [1.82, 2.24) is 4.90 Å². The normalized spacial score (nSPS) is 25.8. The van der Waals surface area contributed by atoms with Gasteiger partial charge in [0.25, 0.3) is 0 Å². The van der Waals surface area contributed by atoms with Crippen LogP contribution in [0.5, 0.6) is 0 Å². The van der Waals surface area contributed by atoms with E-state index in [0.29, 0.717) is 6.54 Å². The van der Waals surface area contributed by atoms with Gasteiger partial charge in [-0.15, -0.1) is 0 Å². The van der Waals surface area contributed by atoms with Crippen molar-refractivity contribution in [2.75, 3.05) is 13.2 Å². The van der Waals surface area contributed by atoms with Crippen molar-refractivity contribution < 1.29 is 15.0 Å². The summed E-state index contributed by atoms with van der Waals surface area (Å²) < 4.78 is 0. The topological polar surface area (TPSA) is 60.8 Å². The Bertz CT molecular complexity index is 193. The number of carbonyl (C=O) groups excluding carboxylic acids is 1. The number of aliphatic hydroxyl groups is 2. The summed E-state index contributed by atoms with van der Waals surface area (Å²) in [7, 11) is 0. The zero-order valence-corrected chi connectivity index (χ0v) is 8.10. The summed E-state index contributed by atoms with van der Waals surface area (Å²) >= 11 is 0. The summed E-state index contributed by atoms with van der Waals surface area (Å²) in [5.74, 6) is 0.166. The minimum absolute atomic E-state index is 0.0316. The maximum atomic E-state index is 11.3. The van der Waals surface area contributed by atoms with E-state index in [0.717, 1.165) is 0 Å². The van der Waals surface area contributed by atoms with Crippen molar-refractivity contribution in [3.05, 3.63) is 0 Å². The molecule has 0 saturated carbocycles. The number of rotatable bonds is 3. The van der Waals surface area contributed by atoms with Crippen LogP contribution >= 0.6 is 0 Å². The molecule has 2 atom stereocenters. The number of nitrogens with zero attached hydrogens (tertiary/aromatic N) is 1. The van der Waals surface area contributed by atoms with Crippen molar-refractivity contribution in [3.8, 4) is 0 Å². The molecule has 1 fully saturated rings. The van der Waals surface area contributed by atoms with Crippen LogP contribution in [0.3, 0.4) is 0 Å². The van der Waals surface area contributed by atoms with E-state index in [-0.39, 0.29) is 30.9 Å². The number of amides is 1. The first kappa shape index (κ1) is 10.5. The van der Waals surface area contributed by atoms with Crippen molar-refractivity contribution >= 4 is 5.91 Å². The van der Waals surface area contributed by atoms with Crippen molar-refractivity contribution in [1.29, 1.82) is 0 Å². The van der Waals surface area contributed by atoms with E-state index in [2.05, 4.69) is 0 Å². The van der Waals surface area contributed by atoms with Crippen LogP contribution in [0.4, 0.5) is 0 Å². The lowest BCUT2D eigenvalue weighted by Gasteiger charge is -2.29. The zero-order valence-electron chi connectivity index (χ0n) is 8.10. The number of hydrogen-bond donors (Lipinski definition) is 2.